The van der Waals surface area contributed by atoms with Crippen LogP contribution in [0.15, 0.2) is 24.3 Å². The van der Waals surface area contributed by atoms with E-state index in [-0.39, 0.29) is 11.4 Å². The van der Waals surface area contributed by atoms with Gasteiger partial charge in [-0.25, -0.2) is 9.97 Å². The Morgan fingerprint density at radius 3 is 2.18 bits per heavy atom. The smallest absolute Gasteiger partial charge is 0.330 e. The Kier molecular flexibility index (Phi) is 4.81. The lowest BCUT2D eigenvalue weighted by Gasteiger charge is -2.14. The Labute approximate surface area is 127 Å². The minimum absolute atomic E-state index is 0.00609. The molecule has 0 fully saturated rings. The van der Waals surface area contributed by atoms with E-state index in [1.807, 2.05) is 0 Å². The Balaban J connectivity index is 2.51. The normalized spacial score (nSPS) is 11.7. The maximum Gasteiger partial charge on any atom is 0.417 e. The van der Waals surface area contributed by atoms with Crippen LogP contribution in [0.1, 0.15) is 28.9 Å². The van der Waals surface area contributed by atoms with Crippen molar-refractivity contribution in [1.29, 1.82) is 0 Å². The second-order valence-electron chi connectivity index (χ2n) is 5.13. The average Bonchev–Trinajstić information content (AvgIpc) is 2.45. The van der Waals surface area contributed by atoms with Gasteiger partial charge in [-0.3, -0.25) is 0 Å². The fourth-order valence-electron chi connectivity index (χ4n) is 2.43. The van der Waals surface area contributed by atoms with Gasteiger partial charge in [-0.1, -0.05) is 18.2 Å². The van der Waals surface area contributed by atoms with Crippen LogP contribution >= 0.6 is 0 Å². The summed E-state index contributed by atoms with van der Waals surface area (Å²) in [4.78, 5) is 8.56. The van der Waals surface area contributed by atoms with Crippen molar-refractivity contribution in [3.05, 3.63) is 46.8 Å². The van der Waals surface area contributed by atoms with Gasteiger partial charge in [0.25, 0.3) is 0 Å². The molecule has 0 saturated carbocycles. The highest BCUT2D eigenvalue weighted by molar-refractivity contribution is 5.61. The molecule has 0 amide bonds. The highest BCUT2D eigenvalue weighted by Crippen LogP contribution is 2.36. The third-order valence-corrected chi connectivity index (χ3v) is 3.52. The van der Waals surface area contributed by atoms with Crippen LogP contribution in [0.5, 0.6) is 0 Å². The summed E-state index contributed by atoms with van der Waals surface area (Å²) < 4.78 is 39.3. The lowest BCUT2D eigenvalue weighted by atomic mass is 10.0. The number of hydrogen-bond donors (Lipinski definition) is 1. The molecule has 118 valence electrons. The zero-order valence-corrected chi connectivity index (χ0v) is 12.5. The molecule has 0 saturated heterocycles. The number of aromatic nitrogens is 2. The van der Waals surface area contributed by atoms with E-state index in [1.54, 1.807) is 19.9 Å². The number of rotatable bonds is 4. The molecule has 22 heavy (non-hydrogen) atoms. The molecule has 0 spiro atoms. The average molecular weight is 309 g/mol. The maximum absolute atomic E-state index is 13.1. The van der Waals surface area contributed by atoms with E-state index in [0.717, 1.165) is 24.5 Å². The fourth-order valence-corrected chi connectivity index (χ4v) is 2.43. The quantitative estimate of drug-likeness (QED) is 0.937. The molecule has 0 aliphatic rings. The topological polar surface area (TPSA) is 51.8 Å². The lowest BCUT2D eigenvalue weighted by Crippen LogP contribution is -2.10. The van der Waals surface area contributed by atoms with Crippen molar-refractivity contribution >= 4 is 0 Å². The van der Waals surface area contributed by atoms with E-state index in [1.165, 1.54) is 12.1 Å². The molecule has 2 N–H and O–H groups in total. The van der Waals surface area contributed by atoms with Gasteiger partial charge in [-0.05, 0) is 44.9 Å². The van der Waals surface area contributed by atoms with Gasteiger partial charge in [0.1, 0.15) is 0 Å². The summed E-state index contributed by atoms with van der Waals surface area (Å²) in [7, 11) is 0. The van der Waals surface area contributed by atoms with Gasteiger partial charge in [0.15, 0.2) is 5.82 Å². The van der Waals surface area contributed by atoms with Crippen molar-refractivity contribution < 1.29 is 13.2 Å². The van der Waals surface area contributed by atoms with E-state index >= 15 is 0 Å². The van der Waals surface area contributed by atoms with Gasteiger partial charge in [0.05, 0.1) is 5.56 Å². The third kappa shape index (κ3) is 3.44. The third-order valence-electron chi connectivity index (χ3n) is 3.52. The summed E-state index contributed by atoms with van der Waals surface area (Å²) in [5.41, 5.74) is 7.15. The van der Waals surface area contributed by atoms with Crippen molar-refractivity contribution in [2.45, 2.75) is 32.9 Å². The summed E-state index contributed by atoms with van der Waals surface area (Å²) in [6.07, 6.45) is -2.90. The Bertz CT molecular complexity index is 643. The minimum Gasteiger partial charge on any atom is -0.330 e. The van der Waals surface area contributed by atoms with Gasteiger partial charge in [-0.15, -0.1) is 0 Å². The predicted octanol–water partition coefficient (Wildman–Crippen LogP) is 3.67. The number of hydrogen-bond acceptors (Lipinski definition) is 3. The molecule has 2 rings (SSSR count). The Morgan fingerprint density at radius 1 is 1.05 bits per heavy atom. The molecular weight excluding hydrogens is 291 g/mol. The van der Waals surface area contributed by atoms with Crippen LogP contribution in [0.4, 0.5) is 13.2 Å². The van der Waals surface area contributed by atoms with E-state index in [9.17, 15) is 13.2 Å². The molecular formula is C16H18F3N3. The summed E-state index contributed by atoms with van der Waals surface area (Å²) in [6, 6.07) is 5.37. The Hall–Kier alpha value is -1.95. The molecule has 0 atom stereocenters. The van der Waals surface area contributed by atoms with E-state index in [4.69, 9.17) is 5.73 Å². The molecule has 1 aromatic heterocycles. The number of nitrogens with two attached hydrogens (primary N) is 1. The first-order valence-corrected chi connectivity index (χ1v) is 7.05. The molecule has 0 aliphatic heterocycles. The Morgan fingerprint density at radius 2 is 1.64 bits per heavy atom. The predicted molar refractivity (Wildman–Crippen MR) is 79.3 cm³/mol. The van der Waals surface area contributed by atoms with Crippen molar-refractivity contribution in [1.82, 2.24) is 9.97 Å². The maximum atomic E-state index is 13.1. The lowest BCUT2D eigenvalue weighted by molar-refractivity contribution is -0.137. The van der Waals surface area contributed by atoms with Gasteiger partial charge < -0.3 is 5.73 Å². The fraction of sp³-hybridized carbons (Fsp3) is 0.375. The van der Waals surface area contributed by atoms with Crippen molar-refractivity contribution in [2.24, 2.45) is 5.73 Å². The first-order valence-electron chi connectivity index (χ1n) is 7.05. The molecule has 0 aliphatic carbocycles. The number of alkyl halides is 3. The van der Waals surface area contributed by atoms with Crippen LogP contribution in [0.2, 0.25) is 0 Å². The van der Waals surface area contributed by atoms with Gasteiger partial charge in [-0.2, -0.15) is 13.2 Å². The second kappa shape index (κ2) is 6.44. The molecule has 1 heterocycles. The van der Waals surface area contributed by atoms with E-state index in [0.29, 0.717) is 17.9 Å². The van der Waals surface area contributed by atoms with Gasteiger partial charge in [0.2, 0.25) is 0 Å². The van der Waals surface area contributed by atoms with Crippen molar-refractivity contribution in [3.63, 3.8) is 0 Å². The van der Waals surface area contributed by atoms with Crippen LogP contribution in [0.25, 0.3) is 11.4 Å². The highest BCUT2D eigenvalue weighted by atomic mass is 19.4. The first-order chi connectivity index (χ1) is 10.3. The van der Waals surface area contributed by atoms with Crippen LogP contribution in [-0.2, 0) is 12.6 Å². The summed E-state index contributed by atoms with van der Waals surface area (Å²) in [5.74, 6) is 0.111. The summed E-state index contributed by atoms with van der Waals surface area (Å²) >= 11 is 0. The highest BCUT2D eigenvalue weighted by Gasteiger charge is 2.34. The van der Waals surface area contributed by atoms with Crippen molar-refractivity contribution in [2.75, 3.05) is 6.54 Å². The molecule has 3 nitrogen and oxygen atoms in total. The number of benzene rings is 1. The number of nitrogens with zero attached hydrogens (tertiary/aromatic N) is 2. The van der Waals surface area contributed by atoms with E-state index in [2.05, 4.69) is 9.97 Å². The van der Waals surface area contributed by atoms with Gasteiger partial charge in [0, 0.05) is 17.0 Å². The molecule has 0 bridgehead atoms. The zero-order chi connectivity index (χ0) is 16.3. The second-order valence-corrected chi connectivity index (χ2v) is 5.13. The monoisotopic (exact) mass is 309 g/mol. The van der Waals surface area contributed by atoms with Crippen LogP contribution in [0, 0.1) is 13.8 Å². The molecule has 6 heteroatoms. The van der Waals surface area contributed by atoms with Crippen molar-refractivity contribution in [3.8, 4) is 11.4 Å². The molecule has 0 radical (unpaired) electrons. The molecule has 2 aromatic rings. The molecule has 0 unspecified atom stereocenters. The largest absolute Gasteiger partial charge is 0.417 e. The standard InChI is InChI=1S/C16H18F3N3/c1-10-12(7-5-9-20)11(2)22-15(21-10)13-6-3-4-8-14(13)16(17,18)19/h3-4,6,8H,5,7,9,20H2,1-2H3. The van der Waals surface area contributed by atoms with Crippen LogP contribution in [-0.4, -0.2) is 16.5 Å². The van der Waals surface area contributed by atoms with Crippen LogP contribution < -0.4 is 5.73 Å². The molecule has 1 aromatic carbocycles. The first kappa shape index (κ1) is 16.4. The van der Waals surface area contributed by atoms with Crippen LogP contribution in [0.3, 0.4) is 0 Å². The summed E-state index contributed by atoms with van der Waals surface area (Å²) in [5, 5.41) is 0. The van der Waals surface area contributed by atoms with Gasteiger partial charge >= 0.3 is 6.18 Å². The van der Waals surface area contributed by atoms with E-state index < -0.39 is 11.7 Å². The zero-order valence-electron chi connectivity index (χ0n) is 12.5. The number of aryl methyl sites for hydroxylation is 2. The number of halogens is 3. The summed E-state index contributed by atoms with van der Waals surface area (Å²) in [6.45, 7) is 4.14. The SMILES string of the molecule is Cc1nc(-c2ccccc2C(F)(F)F)nc(C)c1CCCN. The minimum atomic E-state index is -4.43.